The summed E-state index contributed by atoms with van der Waals surface area (Å²) in [6, 6.07) is 7.93. The predicted octanol–water partition coefficient (Wildman–Crippen LogP) is 3.32. The largest absolute Gasteiger partial charge is 0.493 e. The molecule has 3 nitrogen and oxygen atoms in total. The lowest BCUT2D eigenvalue weighted by molar-refractivity contribution is -0.143. The second-order valence-electron chi connectivity index (χ2n) is 5.15. The van der Waals surface area contributed by atoms with Crippen molar-refractivity contribution in [2.24, 2.45) is 0 Å². The number of rotatable bonds is 5. The van der Waals surface area contributed by atoms with Crippen LogP contribution in [0, 0.1) is 0 Å². The molecule has 0 aromatic heterocycles. The summed E-state index contributed by atoms with van der Waals surface area (Å²) in [6.45, 7) is 8.98. The molecule has 1 aromatic rings. The molecule has 0 radical (unpaired) electrons. The molecule has 0 N–H and O–H groups in total. The lowest BCUT2D eigenvalue weighted by Crippen LogP contribution is -2.15. The van der Waals surface area contributed by atoms with Gasteiger partial charge in [0.25, 0.3) is 0 Å². The van der Waals surface area contributed by atoms with E-state index in [2.05, 4.69) is 26.8 Å². The fourth-order valence-electron chi connectivity index (χ4n) is 1.69. The van der Waals surface area contributed by atoms with Gasteiger partial charge in [-0.05, 0) is 24.0 Å². The number of carbonyl (C=O) groups excluding carboxylic acids is 1. The van der Waals surface area contributed by atoms with Crippen LogP contribution in [0.25, 0.3) is 0 Å². The Morgan fingerprint density at radius 3 is 2.50 bits per heavy atom. The molecule has 0 saturated heterocycles. The van der Waals surface area contributed by atoms with Gasteiger partial charge in [-0.2, -0.15) is 0 Å². The van der Waals surface area contributed by atoms with E-state index < -0.39 is 0 Å². The van der Waals surface area contributed by atoms with Crippen LogP contribution in [0.4, 0.5) is 0 Å². The average molecular weight is 250 g/mol. The molecule has 0 amide bonds. The first-order valence-corrected chi connectivity index (χ1v) is 6.33. The van der Waals surface area contributed by atoms with Gasteiger partial charge in [-0.15, -0.1) is 0 Å². The van der Waals surface area contributed by atoms with Crippen LogP contribution >= 0.6 is 0 Å². The van der Waals surface area contributed by atoms with E-state index in [1.54, 1.807) is 6.92 Å². The monoisotopic (exact) mass is 250 g/mol. The zero-order valence-corrected chi connectivity index (χ0v) is 11.7. The van der Waals surface area contributed by atoms with Gasteiger partial charge in [0, 0.05) is 0 Å². The number of benzene rings is 1. The standard InChI is InChI=1S/C15H22O3/c1-5-17-14(16)10-11-18-13-9-7-6-8-12(13)15(2,3)4/h6-9H,5,10-11H2,1-4H3. The summed E-state index contributed by atoms with van der Waals surface area (Å²) in [6.07, 6.45) is 0.284. The Morgan fingerprint density at radius 2 is 1.89 bits per heavy atom. The maximum Gasteiger partial charge on any atom is 0.309 e. The van der Waals surface area contributed by atoms with Crippen LogP contribution in [-0.2, 0) is 14.9 Å². The quantitative estimate of drug-likeness (QED) is 0.752. The van der Waals surface area contributed by atoms with E-state index in [4.69, 9.17) is 9.47 Å². The highest BCUT2D eigenvalue weighted by Crippen LogP contribution is 2.30. The van der Waals surface area contributed by atoms with Crippen LogP contribution < -0.4 is 4.74 Å². The van der Waals surface area contributed by atoms with Crippen LogP contribution in [0.2, 0.25) is 0 Å². The summed E-state index contributed by atoms with van der Waals surface area (Å²) < 4.78 is 10.5. The van der Waals surface area contributed by atoms with E-state index >= 15 is 0 Å². The van der Waals surface area contributed by atoms with Crippen LogP contribution in [0.5, 0.6) is 5.75 Å². The Labute approximate surface area is 109 Å². The van der Waals surface area contributed by atoms with Crippen LogP contribution in [-0.4, -0.2) is 19.2 Å². The molecule has 100 valence electrons. The fraction of sp³-hybridized carbons (Fsp3) is 0.533. The molecule has 18 heavy (non-hydrogen) atoms. The van der Waals surface area contributed by atoms with Crippen molar-refractivity contribution in [3.05, 3.63) is 29.8 Å². The smallest absolute Gasteiger partial charge is 0.309 e. The molecule has 0 unspecified atom stereocenters. The molecule has 0 spiro atoms. The molecule has 1 rings (SSSR count). The molecule has 0 heterocycles. The Bertz CT molecular complexity index is 391. The number of hydrogen-bond donors (Lipinski definition) is 0. The first-order chi connectivity index (χ1) is 8.45. The first-order valence-electron chi connectivity index (χ1n) is 6.33. The van der Waals surface area contributed by atoms with Crippen molar-refractivity contribution in [1.82, 2.24) is 0 Å². The molecule has 3 heteroatoms. The maximum atomic E-state index is 11.2. The third-order valence-electron chi connectivity index (χ3n) is 2.56. The van der Waals surface area contributed by atoms with Gasteiger partial charge in [0.2, 0.25) is 0 Å². The van der Waals surface area contributed by atoms with Gasteiger partial charge < -0.3 is 9.47 Å². The summed E-state index contributed by atoms with van der Waals surface area (Å²) in [4.78, 5) is 11.2. The van der Waals surface area contributed by atoms with Crippen molar-refractivity contribution in [1.29, 1.82) is 0 Å². The number of esters is 1. The third-order valence-corrected chi connectivity index (χ3v) is 2.56. The molecular formula is C15H22O3. The number of para-hydroxylation sites is 1. The topological polar surface area (TPSA) is 35.5 Å². The van der Waals surface area contributed by atoms with Crippen LogP contribution in [0.15, 0.2) is 24.3 Å². The van der Waals surface area contributed by atoms with Crippen molar-refractivity contribution >= 4 is 5.97 Å². The van der Waals surface area contributed by atoms with Crippen LogP contribution in [0.3, 0.4) is 0 Å². The molecule has 0 aliphatic heterocycles. The number of hydrogen-bond acceptors (Lipinski definition) is 3. The third kappa shape index (κ3) is 4.40. The predicted molar refractivity (Wildman–Crippen MR) is 71.9 cm³/mol. The zero-order chi connectivity index (χ0) is 13.6. The van der Waals surface area contributed by atoms with Gasteiger partial charge in [0.05, 0.1) is 19.6 Å². The Hall–Kier alpha value is -1.51. The number of carbonyl (C=O) groups is 1. The van der Waals surface area contributed by atoms with E-state index in [0.717, 1.165) is 11.3 Å². The summed E-state index contributed by atoms with van der Waals surface area (Å²) in [5.41, 5.74) is 1.18. The van der Waals surface area contributed by atoms with E-state index in [1.807, 2.05) is 18.2 Å². The van der Waals surface area contributed by atoms with E-state index in [0.29, 0.717) is 13.2 Å². The minimum absolute atomic E-state index is 0.0283. The molecule has 1 aromatic carbocycles. The highest BCUT2D eigenvalue weighted by atomic mass is 16.5. The van der Waals surface area contributed by atoms with E-state index in [9.17, 15) is 4.79 Å². The molecule has 0 bridgehead atoms. The first kappa shape index (κ1) is 14.6. The minimum atomic E-state index is -0.217. The minimum Gasteiger partial charge on any atom is -0.493 e. The molecule has 0 saturated carbocycles. The normalized spacial score (nSPS) is 11.1. The second-order valence-corrected chi connectivity index (χ2v) is 5.15. The number of ether oxygens (including phenoxy) is 2. The van der Waals surface area contributed by atoms with E-state index in [1.165, 1.54) is 0 Å². The summed E-state index contributed by atoms with van der Waals surface area (Å²) in [5.74, 6) is 0.625. The lowest BCUT2D eigenvalue weighted by atomic mass is 9.86. The van der Waals surface area contributed by atoms with Gasteiger partial charge >= 0.3 is 5.97 Å². The Morgan fingerprint density at radius 1 is 1.22 bits per heavy atom. The van der Waals surface area contributed by atoms with Crippen molar-refractivity contribution < 1.29 is 14.3 Å². The fourth-order valence-corrected chi connectivity index (χ4v) is 1.69. The lowest BCUT2D eigenvalue weighted by Gasteiger charge is -2.22. The SMILES string of the molecule is CCOC(=O)CCOc1ccccc1C(C)(C)C. The van der Waals surface area contributed by atoms with E-state index in [-0.39, 0.29) is 17.8 Å². The summed E-state index contributed by atoms with van der Waals surface area (Å²) in [7, 11) is 0. The highest BCUT2D eigenvalue weighted by Gasteiger charge is 2.18. The zero-order valence-electron chi connectivity index (χ0n) is 11.7. The molecule has 0 atom stereocenters. The Balaban J connectivity index is 2.60. The van der Waals surface area contributed by atoms with Crippen molar-refractivity contribution in [3.8, 4) is 5.75 Å². The van der Waals surface area contributed by atoms with Crippen molar-refractivity contribution in [3.63, 3.8) is 0 Å². The van der Waals surface area contributed by atoms with Gasteiger partial charge in [-0.1, -0.05) is 39.0 Å². The summed E-state index contributed by atoms with van der Waals surface area (Å²) >= 11 is 0. The maximum absolute atomic E-state index is 11.2. The molecule has 0 fully saturated rings. The highest BCUT2D eigenvalue weighted by molar-refractivity contribution is 5.69. The molecular weight excluding hydrogens is 228 g/mol. The van der Waals surface area contributed by atoms with Crippen molar-refractivity contribution in [2.45, 2.75) is 39.5 Å². The van der Waals surface area contributed by atoms with Crippen molar-refractivity contribution in [2.75, 3.05) is 13.2 Å². The average Bonchev–Trinajstić information content (AvgIpc) is 2.28. The van der Waals surface area contributed by atoms with Gasteiger partial charge in [0.1, 0.15) is 5.75 Å². The van der Waals surface area contributed by atoms with Gasteiger partial charge in [-0.25, -0.2) is 0 Å². The molecule has 0 aliphatic rings. The summed E-state index contributed by atoms with van der Waals surface area (Å²) in [5, 5.41) is 0. The molecule has 0 aliphatic carbocycles. The van der Waals surface area contributed by atoms with Crippen LogP contribution in [0.1, 0.15) is 39.7 Å². The Kier molecular flexibility index (Phi) is 5.20. The van der Waals surface area contributed by atoms with Gasteiger partial charge in [-0.3, -0.25) is 4.79 Å². The second kappa shape index (κ2) is 6.43. The van der Waals surface area contributed by atoms with Gasteiger partial charge in [0.15, 0.2) is 0 Å².